The molecule has 0 atom stereocenters. The van der Waals surface area contributed by atoms with Crippen LogP contribution >= 0.6 is 11.3 Å². The number of aliphatic carboxylic acids is 1. The van der Waals surface area contributed by atoms with E-state index in [2.05, 4.69) is 0 Å². The highest BCUT2D eigenvalue weighted by molar-refractivity contribution is 7.12. The molecule has 1 rings (SSSR count). The summed E-state index contributed by atoms with van der Waals surface area (Å²) in [7, 11) is 0. The highest BCUT2D eigenvalue weighted by Crippen LogP contribution is 2.18. The fourth-order valence-corrected chi connectivity index (χ4v) is 2.57. The average Bonchev–Trinajstić information content (AvgIpc) is 2.69. The number of hydrogen-bond donors (Lipinski definition) is 1. The number of amides is 1. The molecule has 0 saturated heterocycles. The van der Waals surface area contributed by atoms with E-state index in [1.165, 1.54) is 11.3 Å². The summed E-state index contributed by atoms with van der Waals surface area (Å²) in [6.45, 7) is 6.78. The average molecular weight is 269 g/mol. The normalized spacial score (nSPS) is 10.7. The zero-order chi connectivity index (χ0) is 13.7. The molecule has 5 heteroatoms. The fourth-order valence-electron chi connectivity index (χ4n) is 1.68. The number of carboxylic acids is 1. The van der Waals surface area contributed by atoms with Crippen molar-refractivity contribution in [3.63, 3.8) is 0 Å². The number of carbonyl (C=O) groups excluding carboxylic acids is 1. The molecule has 0 saturated carbocycles. The highest BCUT2D eigenvalue weighted by Gasteiger charge is 2.20. The van der Waals surface area contributed by atoms with Crippen molar-refractivity contribution < 1.29 is 14.7 Å². The van der Waals surface area contributed by atoms with Gasteiger partial charge in [0.25, 0.3) is 5.91 Å². The number of nitrogens with zero attached hydrogens (tertiary/aromatic N) is 1. The van der Waals surface area contributed by atoms with Gasteiger partial charge in [-0.15, -0.1) is 11.3 Å². The Bertz CT molecular complexity index is 426. The molecule has 0 unspecified atom stereocenters. The van der Waals surface area contributed by atoms with Gasteiger partial charge in [-0.25, -0.2) is 0 Å². The molecule has 1 aromatic heterocycles. The van der Waals surface area contributed by atoms with E-state index in [0.29, 0.717) is 17.3 Å². The lowest BCUT2D eigenvalue weighted by molar-refractivity contribution is -0.137. The van der Waals surface area contributed by atoms with Crippen LogP contribution < -0.4 is 0 Å². The van der Waals surface area contributed by atoms with E-state index < -0.39 is 5.97 Å². The second-order valence-corrected chi connectivity index (χ2v) is 5.64. The molecule has 0 aliphatic carbocycles. The van der Waals surface area contributed by atoms with Crippen molar-refractivity contribution in [2.24, 2.45) is 5.92 Å². The Morgan fingerprint density at radius 2 is 2.11 bits per heavy atom. The number of hydrogen-bond acceptors (Lipinski definition) is 3. The van der Waals surface area contributed by atoms with Crippen molar-refractivity contribution in [2.75, 3.05) is 13.1 Å². The van der Waals surface area contributed by atoms with E-state index in [0.717, 1.165) is 5.56 Å². The van der Waals surface area contributed by atoms with E-state index in [9.17, 15) is 9.59 Å². The molecule has 1 heterocycles. The zero-order valence-corrected chi connectivity index (χ0v) is 11.8. The van der Waals surface area contributed by atoms with Gasteiger partial charge < -0.3 is 10.0 Å². The topological polar surface area (TPSA) is 57.6 Å². The van der Waals surface area contributed by atoms with Crippen LogP contribution in [-0.4, -0.2) is 35.0 Å². The van der Waals surface area contributed by atoms with Crippen molar-refractivity contribution in [1.82, 2.24) is 4.90 Å². The van der Waals surface area contributed by atoms with Crippen molar-refractivity contribution in [2.45, 2.75) is 27.2 Å². The summed E-state index contributed by atoms with van der Waals surface area (Å²) in [5, 5.41) is 10.6. The molecule has 0 radical (unpaired) electrons. The van der Waals surface area contributed by atoms with Crippen LogP contribution in [0.3, 0.4) is 0 Å². The van der Waals surface area contributed by atoms with Gasteiger partial charge in [0.15, 0.2) is 0 Å². The molecule has 0 fully saturated rings. The van der Waals surface area contributed by atoms with E-state index in [4.69, 9.17) is 5.11 Å². The van der Waals surface area contributed by atoms with Gasteiger partial charge in [-0.3, -0.25) is 9.59 Å². The Balaban J connectivity index is 2.78. The predicted octanol–water partition coefficient (Wildman–Crippen LogP) is 2.63. The first kappa shape index (κ1) is 14.7. The summed E-state index contributed by atoms with van der Waals surface area (Å²) in [6.07, 6.45) is -0.0110. The minimum absolute atomic E-state index is 0.0110. The molecule has 4 nitrogen and oxygen atoms in total. The molecule has 0 spiro atoms. The Kier molecular flexibility index (Phi) is 5.34. The smallest absolute Gasteiger partial charge is 0.305 e. The summed E-state index contributed by atoms with van der Waals surface area (Å²) in [4.78, 5) is 25.3. The minimum Gasteiger partial charge on any atom is -0.481 e. The molecule has 0 bridgehead atoms. The number of carbonyl (C=O) groups is 2. The first-order valence-corrected chi connectivity index (χ1v) is 6.85. The largest absolute Gasteiger partial charge is 0.481 e. The molecule has 0 aromatic carbocycles. The molecular weight excluding hydrogens is 250 g/mol. The highest BCUT2D eigenvalue weighted by atomic mass is 32.1. The number of rotatable bonds is 6. The fraction of sp³-hybridized carbons (Fsp3) is 0.538. The summed E-state index contributed by atoms with van der Waals surface area (Å²) in [5.41, 5.74) is 0.953. The zero-order valence-electron chi connectivity index (χ0n) is 11.0. The lowest BCUT2D eigenvalue weighted by Gasteiger charge is -2.23. The lowest BCUT2D eigenvalue weighted by Crippen LogP contribution is -2.35. The third-order valence-corrected chi connectivity index (χ3v) is 3.53. The predicted molar refractivity (Wildman–Crippen MR) is 72.1 cm³/mol. The summed E-state index contributed by atoms with van der Waals surface area (Å²) in [5.74, 6) is -0.611. The van der Waals surface area contributed by atoms with Gasteiger partial charge >= 0.3 is 5.97 Å². The van der Waals surface area contributed by atoms with Crippen LogP contribution in [-0.2, 0) is 4.79 Å². The van der Waals surface area contributed by atoms with E-state index in [-0.39, 0.29) is 18.9 Å². The minimum atomic E-state index is -0.876. The van der Waals surface area contributed by atoms with Gasteiger partial charge in [0, 0.05) is 13.1 Å². The summed E-state index contributed by atoms with van der Waals surface area (Å²) < 4.78 is 0. The number of thiophene rings is 1. The van der Waals surface area contributed by atoms with E-state index in [1.54, 1.807) is 4.90 Å². The second-order valence-electron chi connectivity index (χ2n) is 4.72. The molecule has 0 aliphatic rings. The Hall–Kier alpha value is -1.36. The van der Waals surface area contributed by atoms with Crippen LogP contribution in [0.1, 0.15) is 35.5 Å². The van der Waals surface area contributed by atoms with E-state index >= 15 is 0 Å². The Morgan fingerprint density at radius 3 is 2.56 bits per heavy atom. The maximum absolute atomic E-state index is 12.3. The van der Waals surface area contributed by atoms with Gasteiger partial charge in [0.1, 0.15) is 0 Å². The molecule has 1 amide bonds. The first-order chi connectivity index (χ1) is 8.41. The molecule has 100 valence electrons. The standard InChI is InChI=1S/C13H19NO3S/c1-9(2)8-14(6-4-11(15)16)13(17)12-10(3)5-7-18-12/h5,7,9H,4,6,8H2,1-3H3,(H,15,16). The van der Waals surface area contributed by atoms with Crippen LogP contribution in [0.15, 0.2) is 11.4 Å². The SMILES string of the molecule is Cc1ccsc1C(=O)N(CCC(=O)O)CC(C)C. The molecule has 0 aliphatic heterocycles. The van der Waals surface area contributed by atoms with Crippen molar-refractivity contribution in [3.8, 4) is 0 Å². The quantitative estimate of drug-likeness (QED) is 0.863. The molecular formula is C13H19NO3S. The monoisotopic (exact) mass is 269 g/mol. The Labute approximate surface area is 111 Å². The van der Waals surface area contributed by atoms with Gasteiger partial charge in [0.2, 0.25) is 0 Å². The van der Waals surface area contributed by atoms with Crippen LogP contribution in [0.25, 0.3) is 0 Å². The van der Waals surface area contributed by atoms with Gasteiger partial charge in [-0.1, -0.05) is 13.8 Å². The van der Waals surface area contributed by atoms with Gasteiger partial charge in [-0.05, 0) is 29.9 Å². The number of carboxylic acid groups (broad SMARTS) is 1. The summed E-state index contributed by atoms with van der Waals surface area (Å²) >= 11 is 1.41. The third kappa shape index (κ3) is 4.14. The molecule has 1 aromatic rings. The van der Waals surface area contributed by atoms with Crippen LogP contribution in [0.5, 0.6) is 0 Å². The van der Waals surface area contributed by atoms with Crippen LogP contribution in [0.4, 0.5) is 0 Å². The third-order valence-electron chi connectivity index (χ3n) is 2.52. The Morgan fingerprint density at radius 1 is 1.44 bits per heavy atom. The second kappa shape index (κ2) is 6.54. The van der Waals surface area contributed by atoms with Gasteiger partial charge in [0.05, 0.1) is 11.3 Å². The first-order valence-electron chi connectivity index (χ1n) is 5.97. The lowest BCUT2D eigenvalue weighted by atomic mass is 10.2. The van der Waals surface area contributed by atoms with Crippen LogP contribution in [0, 0.1) is 12.8 Å². The summed E-state index contributed by atoms with van der Waals surface area (Å²) in [6, 6.07) is 1.91. The van der Waals surface area contributed by atoms with Crippen molar-refractivity contribution in [3.05, 3.63) is 21.9 Å². The van der Waals surface area contributed by atoms with Crippen LogP contribution in [0.2, 0.25) is 0 Å². The molecule has 18 heavy (non-hydrogen) atoms. The van der Waals surface area contributed by atoms with Crippen molar-refractivity contribution in [1.29, 1.82) is 0 Å². The van der Waals surface area contributed by atoms with E-state index in [1.807, 2.05) is 32.2 Å². The van der Waals surface area contributed by atoms with Gasteiger partial charge in [-0.2, -0.15) is 0 Å². The maximum atomic E-state index is 12.3. The maximum Gasteiger partial charge on any atom is 0.305 e. The molecule has 1 N–H and O–H groups in total. The van der Waals surface area contributed by atoms with Crippen molar-refractivity contribution >= 4 is 23.2 Å². The number of aryl methyl sites for hydroxylation is 1.